The lowest BCUT2D eigenvalue weighted by atomic mass is 10.2. The fraction of sp³-hybridized carbons (Fsp3) is 0.500. The maximum Gasteiger partial charge on any atom is 0.140 e. The number of hydrogen-bond donors (Lipinski definition) is 0. The Labute approximate surface area is 95.5 Å². The monoisotopic (exact) mass is 217 g/mol. The van der Waals surface area contributed by atoms with Crippen molar-refractivity contribution in [3.8, 4) is 6.07 Å². The molecule has 0 saturated carbocycles. The molecule has 1 aliphatic heterocycles. The van der Waals surface area contributed by atoms with Crippen LogP contribution in [0.2, 0.25) is 0 Å². The molecule has 0 aliphatic carbocycles. The predicted octanol–water partition coefficient (Wildman–Crippen LogP) is 1.57. The van der Waals surface area contributed by atoms with Crippen molar-refractivity contribution >= 4 is 5.69 Å². The van der Waals surface area contributed by atoms with Gasteiger partial charge in [-0.15, -0.1) is 0 Å². The van der Waals surface area contributed by atoms with E-state index in [0.29, 0.717) is 11.8 Å². The van der Waals surface area contributed by atoms with Crippen LogP contribution in [0.3, 0.4) is 0 Å². The van der Waals surface area contributed by atoms with Gasteiger partial charge in [-0.05, 0) is 25.0 Å². The maximum atomic E-state index is 8.65. The van der Waals surface area contributed by atoms with E-state index in [4.69, 9.17) is 10.00 Å². The fourth-order valence-corrected chi connectivity index (χ4v) is 1.88. The highest BCUT2D eigenvalue weighted by Crippen LogP contribution is 2.17. The van der Waals surface area contributed by atoms with E-state index in [2.05, 4.69) is 9.88 Å². The van der Waals surface area contributed by atoms with Gasteiger partial charge >= 0.3 is 0 Å². The summed E-state index contributed by atoms with van der Waals surface area (Å²) in [6.45, 7) is 1.76. The first-order chi connectivity index (χ1) is 7.79. The molecule has 1 aromatic heterocycles. The lowest BCUT2D eigenvalue weighted by Gasteiger charge is -2.22. The largest absolute Gasteiger partial charge is 0.376 e. The highest BCUT2D eigenvalue weighted by molar-refractivity contribution is 5.45. The number of aromatic nitrogens is 1. The number of likely N-dealkylation sites (N-methyl/N-ethyl adjacent to an activating group) is 1. The van der Waals surface area contributed by atoms with E-state index in [1.54, 1.807) is 12.3 Å². The van der Waals surface area contributed by atoms with E-state index in [0.717, 1.165) is 31.7 Å². The van der Waals surface area contributed by atoms with Gasteiger partial charge in [-0.25, -0.2) is 4.98 Å². The SMILES string of the molecule is CN(CC1CCCO1)c1ccc(C#N)nc1. The quantitative estimate of drug-likeness (QED) is 0.771. The van der Waals surface area contributed by atoms with Crippen LogP contribution in [0.1, 0.15) is 18.5 Å². The molecule has 1 atom stereocenters. The molecule has 1 saturated heterocycles. The van der Waals surface area contributed by atoms with Crippen LogP contribution in [-0.2, 0) is 4.74 Å². The molecule has 16 heavy (non-hydrogen) atoms. The lowest BCUT2D eigenvalue weighted by Crippen LogP contribution is -2.28. The van der Waals surface area contributed by atoms with E-state index in [1.807, 2.05) is 19.2 Å². The third kappa shape index (κ3) is 2.50. The van der Waals surface area contributed by atoms with Crippen molar-refractivity contribution in [1.82, 2.24) is 4.98 Å². The molecule has 0 radical (unpaired) electrons. The van der Waals surface area contributed by atoms with Gasteiger partial charge in [0.2, 0.25) is 0 Å². The zero-order valence-electron chi connectivity index (χ0n) is 9.39. The van der Waals surface area contributed by atoms with Crippen molar-refractivity contribution in [1.29, 1.82) is 5.26 Å². The summed E-state index contributed by atoms with van der Waals surface area (Å²) in [6, 6.07) is 5.67. The summed E-state index contributed by atoms with van der Waals surface area (Å²) in [6.07, 6.45) is 4.35. The van der Waals surface area contributed by atoms with Gasteiger partial charge in [0.25, 0.3) is 0 Å². The van der Waals surface area contributed by atoms with Crippen LogP contribution < -0.4 is 4.90 Å². The second-order valence-electron chi connectivity index (χ2n) is 4.03. The molecule has 0 aromatic carbocycles. The van der Waals surface area contributed by atoms with Gasteiger partial charge in [0.1, 0.15) is 11.8 Å². The van der Waals surface area contributed by atoms with Gasteiger partial charge in [0.05, 0.1) is 18.0 Å². The molecule has 1 unspecified atom stereocenters. The summed E-state index contributed by atoms with van der Waals surface area (Å²) < 4.78 is 5.58. The molecule has 0 spiro atoms. The van der Waals surface area contributed by atoms with E-state index < -0.39 is 0 Å². The molecule has 2 rings (SSSR count). The van der Waals surface area contributed by atoms with Crippen LogP contribution in [-0.4, -0.2) is 31.3 Å². The summed E-state index contributed by atoms with van der Waals surface area (Å²) in [5.74, 6) is 0. The normalized spacial score (nSPS) is 19.4. The summed E-state index contributed by atoms with van der Waals surface area (Å²) in [5, 5.41) is 8.65. The topological polar surface area (TPSA) is 49.1 Å². The van der Waals surface area contributed by atoms with Crippen molar-refractivity contribution < 1.29 is 4.74 Å². The number of rotatable bonds is 3. The van der Waals surface area contributed by atoms with Gasteiger partial charge in [-0.2, -0.15) is 5.26 Å². The van der Waals surface area contributed by atoms with E-state index in [1.165, 1.54) is 0 Å². The Bertz CT molecular complexity index is 376. The Morgan fingerprint density at radius 1 is 1.62 bits per heavy atom. The van der Waals surface area contributed by atoms with Crippen molar-refractivity contribution in [2.45, 2.75) is 18.9 Å². The Kier molecular flexibility index (Phi) is 3.37. The molecule has 0 bridgehead atoms. The highest BCUT2D eigenvalue weighted by atomic mass is 16.5. The van der Waals surface area contributed by atoms with Gasteiger partial charge in [-0.1, -0.05) is 0 Å². The number of pyridine rings is 1. The highest BCUT2D eigenvalue weighted by Gasteiger charge is 2.17. The molecule has 4 heteroatoms. The van der Waals surface area contributed by atoms with E-state index >= 15 is 0 Å². The van der Waals surface area contributed by atoms with Crippen LogP contribution in [0, 0.1) is 11.3 Å². The first kappa shape index (κ1) is 10.9. The van der Waals surface area contributed by atoms with Crippen molar-refractivity contribution in [3.63, 3.8) is 0 Å². The summed E-state index contributed by atoms with van der Waals surface area (Å²) in [5.41, 5.74) is 1.48. The average molecular weight is 217 g/mol. The number of ether oxygens (including phenoxy) is 1. The third-order valence-corrected chi connectivity index (χ3v) is 2.80. The van der Waals surface area contributed by atoms with Gasteiger partial charge in [-0.3, -0.25) is 0 Å². The van der Waals surface area contributed by atoms with Crippen molar-refractivity contribution in [2.75, 3.05) is 25.1 Å². The van der Waals surface area contributed by atoms with Gasteiger partial charge in [0, 0.05) is 20.2 Å². The zero-order chi connectivity index (χ0) is 11.4. The number of nitrogens with zero attached hydrogens (tertiary/aromatic N) is 3. The minimum absolute atomic E-state index is 0.334. The van der Waals surface area contributed by atoms with Crippen molar-refractivity contribution in [2.24, 2.45) is 0 Å². The Hall–Kier alpha value is -1.60. The standard InChI is InChI=1S/C12H15N3O/c1-15(9-12-3-2-6-16-12)11-5-4-10(7-13)14-8-11/h4-5,8,12H,2-3,6,9H2,1H3. The van der Waals surface area contributed by atoms with Crippen LogP contribution in [0.15, 0.2) is 18.3 Å². The van der Waals surface area contributed by atoms with E-state index in [9.17, 15) is 0 Å². The molecule has 2 heterocycles. The number of nitriles is 1. The van der Waals surface area contributed by atoms with Crippen molar-refractivity contribution in [3.05, 3.63) is 24.0 Å². The molecular weight excluding hydrogens is 202 g/mol. The molecule has 4 nitrogen and oxygen atoms in total. The third-order valence-electron chi connectivity index (χ3n) is 2.80. The molecule has 1 aliphatic rings. The summed E-state index contributed by atoms with van der Waals surface area (Å²) in [4.78, 5) is 6.16. The Morgan fingerprint density at radius 3 is 3.06 bits per heavy atom. The van der Waals surface area contributed by atoms with Gasteiger partial charge < -0.3 is 9.64 Å². The van der Waals surface area contributed by atoms with Gasteiger partial charge in [0.15, 0.2) is 0 Å². The Morgan fingerprint density at radius 2 is 2.50 bits per heavy atom. The molecular formula is C12H15N3O. The smallest absolute Gasteiger partial charge is 0.140 e. The molecule has 84 valence electrons. The summed E-state index contributed by atoms with van der Waals surface area (Å²) >= 11 is 0. The number of anilines is 1. The van der Waals surface area contributed by atoms with Crippen LogP contribution in [0.4, 0.5) is 5.69 Å². The maximum absolute atomic E-state index is 8.65. The van der Waals surface area contributed by atoms with Crippen LogP contribution in [0.25, 0.3) is 0 Å². The molecule has 0 N–H and O–H groups in total. The second-order valence-corrected chi connectivity index (χ2v) is 4.03. The fourth-order valence-electron chi connectivity index (χ4n) is 1.88. The first-order valence-electron chi connectivity index (χ1n) is 5.48. The zero-order valence-corrected chi connectivity index (χ0v) is 9.39. The van der Waals surface area contributed by atoms with E-state index in [-0.39, 0.29) is 0 Å². The molecule has 0 amide bonds. The van der Waals surface area contributed by atoms with Crippen LogP contribution >= 0.6 is 0 Å². The Balaban J connectivity index is 1.97. The minimum Gasteiger partial charge on any atom is -0.376 e. The molecule has 1 fully saturated rings. The average Bonchev–Trinajstić information content (AvgIpc) is 2.82. The minimum atomic E-state index is 0.334. The summed E-state index contributed by atoms with van der Waals surface area (Å²) in [7, 11) is 2.02. The number of hydrogen-bond acceptors (Lipinski definition) is 4. The molecule has 1 aromatic rings. The van der Waals surface area contributed by atoms with Crippen LogP contribution in [0.5, 0.6) is 0 Å². The second kappa shape index (κ2) is 4.95. The first-order valence-corrected chi connectivity index (χ1v) is 5.48. The predicted molar refractivity (Wildman–Crippen MR) is 61.2 cm³/mol. The lowest BCUT2D eigenvalue weighted by molar-refractivity contribution is 0.116.